The van der Waals surface area contributed by atoms with Gasteiger partial charge < -0.3 is 10.5 Å². The van der Waals surface area contributed by atoms with Gasteiger partial charge in [-0.3, -0.25) is 4.98 Å². The molecule has 0 aliphatic carbocycles. The Morgan fingerprint density at radius 1 is 1.29 bits per heavy atom. The minimum absolute atomic E-state index is 0.611. The Hall–Kier alpha value is -1.77. The third-order valence-electron chi connectivity index (χ3n) is 3.97. The number of nitrogens with zero attached hydrogens (tertiary/aromatic N) is 1. The first-order valence-electron chi connectivity index (χ1n) is 7.94. The molecule has 0 amide bonds. The normalized spacial score (nSPS) is 12.5. The van der Waals surface area contributed by atoms with E-state index in [0.29, 0.717) is 5.92 Å². The molecule has 0 aliphatic heterocycles. The van der Waals surface area contributed by atoms with Crippen molar-refractivity contribution < 1.29 is 4.74 Å². The quantitative estimate of drug-likeness (QED) is 0.801. The van der Waals surface area contributed by atoms with Gasteiger partial charge in [0, 0.05) is 11.4 Å². The predicted octanol–water partition coefficient (Wildman–Crippen LogP) is 4.72. The maximum Gasteiger partial charge on any atom is 0.130 e. The lowest BCUT2D eigenvalue weighted by atomic mass is 10.0. The molecule has 1 aromatic carbocycles. The van der Waals surface area contributed by atoms with Crippen LogP contribution < -0.4 is 10.5 Å². The summed E-state index contributed by atoms with van der Waals surface area (Å²) in [5, 5.41) is 0.938. The van der Waals surface area contributed by atoms with Crippen LogP contribution in [-0.2, 0) is 0 Å². The van der Waals surface area contributed by atoms with Gasteiger partial charge in [0.25, 0.3) is 0 Å². The number of aryl methyl sites for hydroxylation is 1. The molecule has 1 heterocycles. The van der Waals surface area contributed by atoms with E-state index in [1.807, 2.05) is 31.2 Å². The van der Waals surface area contributed by atoms with Gasteiger partial charge in [0.2, 0.25) is 0 Å². The number of nitrogen functional groups attached to an aromatic ring is 1. The summed E-state index contributed by atoms with van der Waals surface area (Å²) in [7, 11) is 0. The number of rotatable bonds is 7. The molecule has 2 N–H and O–H groups in total. The Morgan fingerprint density at radius 3 is 2.81 bits per heavy atom. The zero-order valence-electron chi connectivity index (χ0n) is 13.4. The van der Waals surface area contributed by atoms with Gasteiger partial charge in [-0.1, -0.05) is 39.2 Å². The molecule has 0 fully saturated rings. The smallest absolute Gasteiger partial charge is 0.130 e. The van der Waals surface area contributed by atoms with E-state index < -0.39 is 0 Å². The van der Waals surface area contributed by atoms with Crippen LogP contribution in [-0.4, -0.2) is 11.6 Å². The van der Waals surface area contributed by atoms with Gasteiger partial charge in [-0.05, 0) is 37.5 Å². The van der Waals surface area contributed by atoms with Crippen molar-refractivity contribution in [1.29, 1.82) is 0 Å². The highest BCUT2D eigenvalue weighted by Gasteiger charge is 2.11. The first-order chi connectivity index (χ1) is 10.2. The summed E-state index contributed by atoms with van der Waals surface area (Å²) < 4.78 is 6.07. The second-order valence-electron chi connectivity index (χ2n) is 5.73. The van der Waals surface area contributed by atoms with Crippen LogP contribution in [0, 0.1) is 12.8 Å². The van der Waals surface area contributed by atoms with Gasteiger partial charge in [-0.25, -0.2) is 0 Å². The van der Waals surface area contributed by atoms with Crippen LogP contribution in [0.1, 0.15) is 45.2 Å². The third kappa shape index (κ3) is 3.87. The van der Waals surface area contributed by atoms with Crippen LogP contribution in [0.25, 0.3) is 10.9 Å². The van der Waals surface area contributed by atoms with Crippen LogP contribution in [0.3, 0.4) is 0 Å². The Balaban J connectivity index is 2.18. The summed E-state index contributed by atoms with van der Waals surface area (Å²) in [6.45, 7) is 7.17. The van der Waals surface area contributed by atoms with E-state index in [9.17, 15) is 0 Å². The maximum absolute atomic E-state index is 6.16. The Kier molecular flexibility index (Phi) is 5.43. The monoisotopic (exact) mass is 286 g/mol. The van der Waals surface area contributed by atoms with E-state index >= 15 is 0 Å². The lowest BCUT2D eigenvalue weighted by Crippen LogP contribution is -2.11. The molecular formula is C18H26N2O. The fourth-order valence-corrected chi connectivity index (χ4v) is 2.65. The SMILES string of the molecule is CCCCC(CC)COc1cccc2nc(C)cc(N)c12. The molecule has 0 bridgehead atoms. The standard InChI is InChI=1S/C18H26N2O/c1-4-6-8-14(5-2)12-21-17-10-7-9-16-18(17)15(19)11-13(3)20-16/h7,9-11,14H,4-6,8,12H2,1-3H3,(H2,19,20). The largest absolute Gasteiger partial charge is 0.493 e. The van der Waals surface area contributed by atoms with Crippen molar-refractivity contribution in [2.24, 2.45) is 5.92 Å². The van der Waals surface area contributed by atoms with Crippen LogP contribution >= 0.6 is 0 Å². The summed E-state index contributed by atoms with van der Waals surface area (Å²) >= 11 is 0. The molecule has 0 aliphatic rings. The van der Waals surface area contributed by atoms with Crippen LogP contribution in [0.5, 0.6) is 5.75 Å². The van der Waals surface area contributed by atoms with E-state index in [0.717, 1.165) is 41.1 Å². The van der Waals surface area contributed by atoms with Crippen molar-refractivity contribution in [3.8, 4) is 5.75 Å². The highest BCUT2D eigenvalue weighted by atomic mass is 16.5. The molecule has 0 spiro atoms. The van der Waals surface area contributed by atoms with Crippen molar-refractivity contribution in [2.45, 2.75) is 46.5 Å². The Morgan fingerprint density at radius 2 is 2.10 bits per heavy atom. The van der Waals surface area contributed by atoms with E-state index in [-0.39, 0.29) is 0 Å². The molecule has 114 valence electrons. The van der Waals surface area contributed by atoms with Crippen LogP contribution in [0.2, 0.25) is 0 Å². The van der Waals surface area contributed by atoms with Crippen molar-refractivity contribution in [3.05, 3.63) is 30.0 Å². The molecule has 1 atom stereocenters. The van der Waals surface area contributed by atoms with Gasteiger partial charge in [0.15, 0.2) is 0 Å². The second-order valence-corrected chi connectivity index (χ2v) is 5.73. The Bertz CT molecular complexity index is 595. The minimum Gasteiger partial charge on any atom is -0.493 e. The number of benzene rings is 1. The molecule has 3 heteroatoms. The molecule has 1 unspecified atom stereocenters. The number of fused-ring (bicyclic) bond motifs is 1. The van der Waals surface area contributed by atoms with E-state index in [1.54, 1.807) is 0 Å². The van der Waals surface area contributed by atoms with Gasteiger partial charge in [0.05, 0.1) is 17.5 Å². The fraction of sp³-hybridized carbons (Fsp3) is 0.500. The molecule has 2 aromatic rings. The topological polar surface area (TPSA) is 48.1 Å². The summed E-state index contributed by atoms with van der Waals surface area (Å²) in [4.78, 5) is 4.53. The molecule has 0 saturated carbocycles. The lowest BCUT2D eigenvalue weighted by Gasteiger charge is -2.17. The number of unbranched alkanes of at least 4 members (excludes halogenated alkanes) is 1. The van der Waals surface area contributed by atoms with Crippen LogP contribution in [0.4, 0.5) is 5.69 Å². The summed E-state index contributed by atoms with van der Waals surface area (Å²) in [6, 6.07) is 7.86. The van der Waals surface area contributed by atoms with Gasteiger partial charge in [-0.2, -0.15) is 0 Å². The van der Waals surface area contributed by atoms with Gasteiger partial charge in [-0.15, -0.1) is 0 Å². The predicted molar refractivity (Wildman–Crippen MR) is 89.7 cm³/mol. The molecular weight excluding hydrogens is 260 g/mol. The fourth-order valence-electron chi connectivity index (χ4n) is 2.65. The highest BCUT2D eigenvalue weighted by Crippen LogP contribution is 2.30. The number of hydrogen-bond acceptors (Lipinski definition) is 3. The Labute approximate surface area is 127 Å². The molecule has 1 aromatic heterocycles. The van der Waals surface area contributed by atoms with Crippen molar-refractivity contribution in [3.63, 3.8) is 0 Å². The first kappa shape index (κ1) is 15.6. The zero-order chi connectivity index (χ0) is 15.2. The van der Waals surface area contributed by atoms with Crippen molar-refractivity contribution in [1.82, 2.24) is 4.98 Å². The first-order valence-corrected chi connectivity index (χ1v) is 7.94. The average molecular weight is 286 g/mol. The lowest BCUT2D eigenvalue weighted by molar-refractivity contribution is 0.235. The number of hydrogen-bond donors (Lipinski definition) is 1. The van der Waals surface area contributed by atoms with Gasteiger partial charge in [0.1, 0.15) is 5.75 Å². The third-order valence-corrected chi connectivity index (χ3v) is 3.97. The van der Waals surface area contributed by atoms with Gasteiger partial charge >= 0.3 is 0 Å². The second kappa shape index (κ2) is 7.30. The maximum atomic E-state index is 6.16. The van der Waals surface area contributed by atoms with Crippen LogP contribution in [0.15, 0.2) is 24.3 Å². The molecule has 2 rings (SSSR count). The number of pyridine rings is 1. The highest BCUT2D eigenvalue weighted by molar-refractivity contribution is 5.95. The molecule has 0 radical (unpaired) electrons. The number of ether oxygens (including phenoxy) is 1. The zero-order valence-corrected chi connectivity index (χ0v) is 13.4. The number of nitrogens with two attached hydrogens (primary N) is 1. The van der Waals surface area contributed by atoms with Crippen molar-refractivity contribution >= 4 is 16.6 Å². The molecule has 3 nitrogen and oxygen atoms in total. The summed E-state index contributed by atoms with van der Waals surface area (Å²) in [5.74, 6) is 1.47. The minimum atomic E-state index is 0.611. The van der Waals surface area contributed by atoms with E-state index in [1.165, 1.54) is 19.3 Å². The average Bonchev–Trinajstić information content (AvgIpc) is 2.46. The number of anilines is 1. The molecule has 0 saturated heterocycles. The van der Waals surface area contributed by atoms with E-state index in [2.05, 4.69) is 18.8 Å². The molecule has 21 heavy (non-hydrogen) atoms. The summed E-state index contributed by atoms with van der Waals surface area (Å²) in [6.07, 6.45) is 4.88. The summed E-state index contributed by atoms with van der Waals surface area (Å²) in [5.41, 5.74) is 8.75. The number of aromatic nitrogens is 1. The van der Waals surface area contributed by atoms with Crippen molar-refractivity contribution in [2.75, 3.05) is 12.3 Å². The van der Waals surface area contributed by atoms with E-state index in [4.69, 9.17) is 10.5 Å².